The summed E-state index contributed by atoms with van der Waals surface area (Å²) in [5.41, 5.74) is 21.3. The van der Waals surface area contributed by atoms with Crippen LogP contribution >= 0.6 is 0 Å². The summed E-state index contributed by atoms with van der Waals surface area (Å²) in [4.78, 5) is 2.70. The minimum atomic E-state index is -0.110. The van der Waals surface area contributed by atoms with Crippen molar-refractivity contribution in [2.45, 2.75) is 108 Å². The quantitative estimate of drug-likeness (QED) is 0.171. The molecule has 1 spiro atoms. The highest BCUT2D eigenvalue weighted by Crippen LogP contribution is 2.70. The first-order chi connectivity index (χ1) is 29.9. The maximum atomic E-state index is 2.75. The molecule has 0 saturated heterocycles. The van der Waals surface area contributed by atoms with Crippen molar-refractivity contribution in [3.63, 3.8) is 0 Å². The standard InChI is InChI=1S/C61H59N/c1-58(2)25-26-59(3,4)56-34-45(22-24-53(56)58)62(44-21-23-48-46-15-9-11-17-51(46)60(5,6)54(48)33-44)57-36-55-50(35-49(57)41-20-19-39-13-7-8-14-40(39)32-41)47-16-10-12-18-52(47)61(55)42-28-37-27-38(30-42)31-43(61)29-37/h7-24,32-38,42-43H,25-31H2,1-6H3. The van der Waals surface area contributed by atoms with Crippen LogP contribution in [0.25, 0.3) is 44.2 Å². The molecule has 308 valence electrons. The Morgan fingerprint density at radius 3 is 1.71 bits per heavy atom. The summed E-state index contributed by atoms with van der Waals surface area (Å²) in [6.07, 6.45) is 9.37. The Bertz CT molecular complexity index is 3000. The molecule has 0 atom stereocenters. The van der Waals surface area contributed by atoms with Gasteiger partial charge in [0.15, 0.2) is 0 Å². The molecule has 0 aromatic heterocycles. The number of hydrogen-bond acceptors (Lipinski definition) is 1. The highest BCUT2D eigenvalue weighted by atomic mass is 15.1. The second-order valence-electron chi connectivity index (χ2n) is 22.4. The molecule has 0 N–H and O–H groups in total. The molecule has 7 aliphatic carbocycles. The van der Waals surface area contributed by atoms with Crippen molar-refractivity contribution < 1.29 is 0 Å². The van der Waals surface area contributed by atoms with Gasteiger partial charge in [0.25, 0.3) is 0 Å². The summed E-state index contributed by atoms with van der Waals surface area (Å²) in [5, 5.41) is 2.57. The number of anilines is 3. The zero-order valence-corrected chi connectivity index (χ0v) is 37.5. The molecule has 0 radical (unpaired) electrons. The topological polar surface area (TPSA) is 3.24 Å². The molecule has 14 rings (SSSR count). The molecular weight excluding hydrogens is 747 g/mol. The Kier molecular flexibility index (Phi) is 7.57. The molecule has 0 amide bonds. The van der Waals surface area contributed by atoms with Crippen molar-refractivity contribution in [3.8, 4) is 33.4 Å². The summed E-state index contributed by atoms with van der Waals surface area (Å²) in [6.45, 7) is 14.7. The minimum absolute atomic E-state index is 0.0606. The summed E-state index contributed by atoms with van der Waals surface area (Å²) >= 11 is 0. The van der Waals surface area contributed by atoms with Gasteiger partial charge < -0.3 is 4.90 Å². The first kappa shape index (κ1) is 37.2. The maximum Gasteiger partial charge on any atom is 0.0543 e. The highest BCUT2D eigenvalue weighted by molar-refractivity contribution is 5.98. The van der Waals surface area contributed by atoms with Gasteiger partial charge in [-0.1, -0.05) is 139 Å². The van der Waals surface area contributed by atoms with Gasteiger partial charge in [0.05, 0.1) is 5.69 Å². The van der Waals surface area contributed by atoms with E-state index in [0.717, 1.165) is 11.8 Å². The van der Waals surface area contributed by atoms with Gasteiger partial charge in [0.2, 0.25) is 0 Å². The lowest BCUT2D eigenvalue weighted by Crippen LogP contribution is -2.55. The number of hydrogen-bond donors (Lipinski definition) is 0. The van der Waals surface area contributed by atoms with E-state index in [2.05, 4.69) is 186 Å². The third-order valence-corrected chi connectivity index (χ3v) is 17.9. The van der Waals surface area contributed by atoms with E-state index in [1.807, 2.05) is 0 Å². The van der Waals surface area contributed by atoms with Crippen LogP contribution in [-0.4, -0.2) is 0 Å². The SMILES string of the molecule is CC1(C)CCC(C)(C)c2cc(N(c3ccc4c(c3)C(C)(C)c3ccccc3-4)c3cc4c(cc3-c3ccc5ccccc5c3)-c3ccccc3C43C4CC5CC(C4)CC3C5)ccc21. The van der Waals surface area contributed by atoms with Gasteiger partial charge in [-0.2, -0.15) is 0 Å². The number of fused-ring (bicyclic) bond motifs is 8. The summed E-state index contributed by atoms with van der Waals surface area (Å²) in [6, 6.07) is 55.3. The predicted molar refractivity (Wildman–Crippen MR) is 260 cm³/mol. The van der Waals surface area contributed by atoms with Crippen molar-refractivity contribution >= 4 is 27.8 Å². The first-order valence-corrected chi connectivity index (χ1v) is 23.9. The molecule has 4 saturated carbocycles. The van der Waals surface area contributed by atoms with Crippen molar-refractivity contribution in [2.75, 3.05) is 4.90 Å². The zero-order chi connectivity index (χ0) is 41.9. The molecule has 0 aliphatic heterocycles. The molecule has 1 nitrogen and oxygen atoms in total. The normalized spacial score (nSPS) is 25.9. The summed E-state index contributed by atoms with van der Waals surface area (Å²) < 4.78 is 0. The number of benzene rings is 7. The van der Waals surface area contributed by atoms with Crippen molar-refractivity contribution in [1.29, 1.82) is 0 Å². The number of rotatable bonds is 4. The molecular formula is C61H59N. The Morgan fingerprint density at radius 2 is 0.984 bits per heavy atom. The number of nitrogens with zero attached hydrogens (tertiary/aromatic N) is 1. The third kappa shape index (κ3) is 4.97. The van der Waals surface area contributed by atoms with E-state index in [-0.39, 0.29) is 21.7 Å². The summed E-state index contributed by atoms with van der Waals surface area (Å²) in [7, 11) is 0. The second kappa shape index (κ2) is 12.6. The van der Waals surface area contributed by atoms with Crippen LogP contribution in [0.3, 0.4) is 0 Å². The molecule has 7 aromatic rings. The Hall–Kier alpha value is -5.40. The van der Waals surface area contributed by atoms with Crippen LogP contribution < -0.4 is 4.90 Å². The zero-order valence-electron chi connectivity index (χ0n) is 37.5. The Balaban J connectivity index is 1.12. The maximum absolute atomic E-state index is 2.75. The third-order valence-electron chi connectivity index (χ3n) is 17.9. The Morgan fingerprint density at radius 1 is 0.403 bits per heavy atom. The van der Waals surface area contributed by atoms with Crippen LogP contribution in [0.5, 0.6) is 0 Å². The van der Waals surface area contributed by atoms with E-state index in [1.54, 1.807) is 11.1 Å². The van der Waals surface area contributed by atoms with Gasteiger partial charge in [-0.15, -0.1) is 0 Å². The smallest absolute Gasteiger partial charge is 0.0543 e. The van der Waals surface area contributed by atoms with Crippen LogP contribution in [0.4, 0.5) is 17.1 Å². The van der Waals surface area contributed by atoms with E-state index in [4.69, 9.17) is 0 Å². The monoisotopic (exact) mass is 805 g/mol. The first-order valence-electron chi connectivity index (χ1n) is 23.9. The molecule has 1 heteroatoms. The average molecular weight is 806 g/mol. The minimum Gasteiger partial charge on any atom is -0.310 e. The van der Waals surface area contributed by atoms with Gasteiger partial charge in [0.1, 0.15) is 0 Å². The predicted octanol–water partition coefficient (Wildman–Crippen LogP) is 16.4. The van der Waals surface area contributed by atoms with Gasteiger partial charge in [-0.25, -0.2) is 0 Å². The largest absolute Gasteiger partial charge is 0.310 e. The Labute approximate surface area is 369 Å². The van der Waals surface area contributed by atoms with Gasteiger partial charge >= 0.3 is 0 Å². The van der Waals surface area contributed by atoms with Crippen LogP contribution in [0.1, 0.15) is 120 Å². The van der Waals surface area contributed by atoms with Crippen LogP contribution in [0.15, 0.2) is 140 Å². The fraction of sp³-hybridized carbons (Fsp3) is 0.344. The van der Waals surface area contributed by atoms with E-state index in [9.17, 15) is 0 Å². The van der Waals surface area contributed by atoms with E-state index in [1.165, 1.54) is 128 Å². The summed E-state index contributed by atoms with van der Waals surface area (Å²) in [5.74, 6) is 3.18. The van der Waals surface area contributed by atoms with Crippen molar-refractivity contribution in [2.24, 2.45) is 23.7 Å². The fourth-order valence-electron chi connectivity index (χ4n) is 14.9. The molecule has 7 aromatic carbocycles. The molecule has 4 bridgehead atoms. The van der Waals surface area contributed by atoms with Gasteiger partial charge in [-0.05, 0) is 194 Å². The molecule has 0 unspecified atom stereocenters. The van der Waals surface area contributed by atoms with Crippen LogP contribution in [0, 0.1) is 23.7 Å². The molecule has 4 fully saturated rings. The fourth-order valence-corrected chi connectivity index (χ4v) is 14.9. The molecule has 62 heavy (non-hydrogen) atoms. The van der Waals surface area contributed by atoms with E-state index < -0.39 is 0 Å². The van der Waals surface area contributed by atoms with Crippen molar-refractivity contribution in [3.05, 3.63) is 173 Å². The lowest BCUT2D eigenvalue weighted by atomic mass is 9.43. The second-order valence-corrected chi connectivity index (χ2v) is 22.4. The van der Waals surface area contributed by atoms with Gasteiger partial charge in [-0.3, -0.25) is 0 Å². The van der Waals surface area contributed by atoms with E-state index in [0.29, 0.717) is 11.8 Å². The lowest BCUT2D eigenvalue weighted by molar-refractivity contribution is -0.0399. The van der Waals surface area contributed by atoms with Crippen LogP contribution in [0.2, 0.25) is 0 Å². The van der Waals surface area contributed by atoms with E-state index >= 15 is 0 Å². The van der Waals surface area contributed by atoms with Crippen LogP contribution in [-0.2, 0) is 21.7 Å². The van der Waals surface area contributed by atoms with Gasteiger partial charge in [0, 0.05) is 27.8 Å². The molecule has 7 aliphatic rings. The average Bonchev–Trinajstić information content (AvgIpc) is 3.68. The van der Waals surface area contributed by atoms with Crippen molar-refractivity contribution in [1.82, 2.24) is 0 Å². The molecule has 0 heterocycles. The lowest BCUT2D eigenvalue weighted by Gasteiger charge is -2.61. The highest BCUT2D eigenvalue weighted by Gasteiger charge is 2.61.